The minimum Gasteiger partial charge on any atom is -0.357 e. The molecule has 26 heavy (non-hydrogen) atoms. The van der Waals surface area contributed by atoms with Crippen LogP contribution in [0.2, 0.25) is 0 Å². The first-order valence-electron chi connectivity index (χ1n) is 9.39. The molecule has 146 valence electrons. The first kappa shape index (κ1) is 20.7. The van der Waals surface area contributed by atoms with E-state index in [2.05, 4.69) is 29.5 Å². The predicted octanol–water partition coefficient (Wildman–Crippen LogP) is 2.57. The second-order valence-electron chi connectivity index (χ2n) is 7.23. The lowest BCUT2D eigenvalue weighted by molar-refractivity contribution is 0.329. The molecule has 6 nitrogen and oxygen atoms in total. The Bertz CT molecular complexity index is 691. The molecule has 0 amide bonds. The maximum absolute atomic E-state index is 12.1. The monoisotopic (exact) mass is 380 g/mol. The van der Waals surface area contributed by atoms with Crippen LogP contribution in [0.4, 0.5) is 0 Å². The summed E-state index contributed by atoms with van der Waals surface area (Å²) in [4.78, 5) is 4.96. The first-order valence-corrected chi connectivity index (χ1v) is 10.8. The zero-order valence-electron chi connectivity index (χ0n) is 16.3. The third-order valence-corrected chi connectivity index (χ3v) is 6.65. The quantitative estimate of drug-likeness (QED) is 0.588. The number of nitrogens with zero attached hydrogens (tertiary/aromatic N) is 2. The largest absolute Gasteiger partial charge is 0.357 e. The molecule has 1 aromatic rings. The van der Waals surface area contributed by atoms with E-state index in [0.717, 1.165) is 24.0 Å². The molecular weight excluding hydrogens is 348 g/mol. The van der Waals surface area contributed by atoms with Crippen LogP contribution < -0.4 is 10.6 Å². The van der Waals surface area contributed by atoms with Gasteiger partial charge in [-0.25, -0.2) is 17.7 Å². The van der Waals surface area contributed by atoms with Crippen LogP contribution in [-0.2, 0) is 16.6 Å². The topological polar surface area (TPSA) is 73.8 Å². The standard InChI is InChI=1S/C19H32N4O2S/c1-5-20-19(22-17-10-6-15(2)7-11-17)21-14-16-8-12-18(13-9-16)26(24,25)23(3)4/h8-9,12-13,15,17H,5-7,10-11,14H2,1-4H3,(H2,20,21,22). The molecule has 0 unspecified atom stereocenters. The van der Waals surface area contributed by atoms with Crippen LogP contribution in [0.3, 0.4) is 0 Å². The van der Waals surface area contributed by atoms with Gasteiger partial charge in [-0.1, -0.05) is 19.1 Å². The van der Waals surface area contributed by atoms with Gasteiger partial charge in [-0.15, -0.1) is 0 Å². The molecule has 1 aliphatic rings. The number of benzene rings is 1. The van der Waals surface area contributed by atoms with E-state index in [1.54, 1.807) is 12.1 Å². The van der Waals surface area contributed by atoms with Gasteiger partial charge in [-0.2, -0.15) is 0 Å². The van der Waals surface area contributed by atoms with Gasteiger partial charge in [-0.05, 0) is 56.2 Å². The number of hydrogen-bond donors (Lipinski definition) is 2. The Labute approximate surface area is 158 Å². The maximum atomic E-state index is 12.1. The van der Waals surface area contributed by atoms with Gasteiger partial charge in [-0.3, -0.25) is 0 Å². The molecule has 0 bridgehead atoms. The Morgan fingerprint density at radius 3 is 2.31 bits per heavy atom. The van der Waals surface area contributed by atoms with E-state index in [4.69, 9.17) is 0 Å². The van der Waals surface area contributed by atoms with E-state index in [-0.39, 0.29) is 0 Å². The molecule has 1 aromatic carbocycles. The van der Waals surface area contributed by atoms with E-state index >= 15 is 0 Å². The van der Waals surface area contributed by atoms with Crippen molar-refractivity contribution >= 4 is 16.0 Å². The summed E-state index contributed by atoms with van der Waals surface area (Å²) < 4.78 is 25.5. The summed E-state index contributed by atoms with van der Waals surface area (Å²) in [5.74, 6) is 1.65. The number of aliphatic imine (C=N–C) groups is 1. The number of nitrogens with one attached hydrogen (secondary N) is 2. The van der Waals surface area contributed by atoms with Crippen LogP contribution in [-0.4, -0.2) is 45.4 Å². The Morgan fingerprint density at radius 1 is 1.15 bits per heavy atom. The van der Waals surface area contributed by atoms with Crippen molar-refractivity contribution in [3.63, 3.8) is 0 Å². The first-order chi connectivity index (χ1) is 12.3. The van der Waals surface area contributed by atoms with Gasteiger partial charge in [0.25, 0.3) is 0 Å². The zero-order valence-corrected chi connectivity index (χ0v) is 17.1. The lowest BCUT2D eigenvalue weighted by atomic mass is 9.87. The molecule has 0 aliphatic heterocycles. The Morgan fingerprint density at radius 2 is 1.77 bits per heavy atom. The smallest absolute Gasteiger partial charge is 0.242 e. The van der Waals surface area contributed by atoms with Gasteiger partial charge < -0.3 is 10.6 Å². The molecule has 0 spiro atoms. The molecule has 1 fully saturated rings. The minimum atomic E-state index is -3.38. The molecule has 0 saturated heterocycles. The van der Waals surface area contributed by atoms with Crippen molar-refractivity contribution in [1.29, 1.82) is 0 Å². The van der Waals surface area contributed by atoms with Gasteiger partial charge in [0.05, 0.1) is 11.4 Å². The highest BCUT2D eigenvalue weighted by molar-refractivity contribution is 7.89. The summed E-state index contributed by atoms with van der Waals surface area (Å²) in [6, 6.07) is 7.42. The Kier molecular flexibility index (Phi) is 7.46. The van der Waals surface area contributed by atoms with Gasteiger partial charge >= 0.3 is 0 Å². The van der Waals surface area contributed by atoms with Crippen LogP contribution in [0, 0.1) is 5.92 Å². The van der Waals surface area contributed by atoms with Crippen LogP contribution in [0.25, 0.3) is 0 Å². The lowest BCUT2D eigenvalue weighted by Gasteiger charge is -2.28. The van der Waals surface area contributed by atoms with E-state index in [9.17, 15) is 8.42 Å². The van der Waals surface area contributed by atoms with E-state index < -0.39 is 10.0 Å². The van der Waals surface area contributed by atoms with E-state index in [1.807, 2.05) is 12.1 Å². The molecular formula is C19H32N4O2S. The summed E-state index contributed by atoms with van der Waals surface area (Å²) in [6.45, 7) is 5.70. The fraction of sp³-hybridized carbons (Fsp3) is 0.632. The second-order valence-corrected chi connectivity index (χ2v) is 9.38. The number of sulfonamides is 1. The average molecular weight is 381 g/mol. The molecule has 0 heterocycles. The molecule has 1 saturated carbocycles. The second kappa shape index (κ2) is 9.37. The Balaban J connectivity index is 2.00. The molecule has 2 N–H and O–H groups in total. The summed E-state index contributed by atoms with van der Waals surface area (Å²) in [7, 11) is -0.313. The van der Waals surface area contributed by atoms with Crippen LogP contribution in [0.15, 0.2) is 34.2 Å². The van der Waals surface area contributed by atoms with Gasteiger partial charge in [0, 0.05) is 26.7 Å². The van der Waals surface area contributed by atoms with Gasteiger partial charge in [0.15, 0.2) is 5.96 Å². The van der Waals surface area contributed by atoms with E-state index in [1.165, 1.54) is 44.1 Å². The van der Waals surface area contributed by atoms with Gasteiger partial charge in [0.2, 0.25) is 10.0 Å². The summed E-state index contributed by atoms with van der Waals surface area (Å²) in [5, 5.41) is 6.83. The normalized spacial score (nSPS) is 21.7. The molecule has 2 rings (SSSR count). The molecule has 0 aromatic heterocycles. The Hall–Kier alpha value is -1.60. The van der Waals surface area contributed by atoms with E-state index in [0.29, 0.717) is 17.5 Å². The van der Waals surface area contributed by atoms with Crippen molar-refractivity contribution in [2.45, 2.75) is 57.0 Å². The molecule has 1 aliphatic carbocycles. The summed E-state index contributed by atoms with van der Waals surface area (Å²) >= 11 is 0. The average Bonchev–Trinajstić information content (AvgIpc) is 2.62. The van der Waals surface area contributed by atoms with Crippen LogP contribution in [0.5, 0.6) is 0 Å². The van der Waals surface area contributed by atoms with Crippen molar-refractivity contribution in [2.24, 2.45) is 10.9 Å². The van der Waals surface area contributed by atoms with Crippen molar-refractivity contribution < 1.29 is 8.42 Å². The third-order valence-electron chi connectivity index (χ3n) is 4.82. The van der Waals surface area contributed by atoms with Crippen molar-refractivity contribution in [2.75, 3.05) is 20.6 Å². The van der Waals surface area contributed by atoms with Crippen LogP contribution in [0.1, 0.15) is 45.1 Å². The molecule has 0 atom stereocenters. The fourth-order valence-corrected chi connectivity index (χ4v) is 3.97. The number of rotatable bonds is 6. The summed E-state index contributed by atoms with van der Waals surface area (Å²) in [5.41, 5.74) is 0.983. The molecule has 7 heteroatoms. The number of hydrogen-bond acceptors (Lipinski definition) is 3. The van der Waals surface area contributed by atoms with Crippen molar-refractivity contribution in [1.82, 2.24) is 14.9 Å². The fourth-order valence-electron chi connectivity index (χ4n) is 3.07. The number of guanidine groups is 1. The summed E-state index contributed by atoms with van der Waals surface area (Å²) in [6.07, 6.45) is 4.89. The maximum Gasteiger partial charge on any atom is 0.242 e. The third kappa shape index (κ3) is 5.71. The van der Waals surface area contributed by atoms with Crippen LogP contribution >= 0.6 is 0 Å². The van der Waals surface area contributed by atoms with Crippen molar-refractivity contribution in [3.05, 3.63) is 29.8 Å². The lowest BCUT2D eigenvalue weighted by Crippen LogP contribution is -2.44. The zero-order chi connectivity index (χ0) is 19.2. The minimum absolute atomic E-state index is 0.302. The predicted molar refractivity (Wildman–Crippen MR) is 107 cm³/mol. The highest BCUT2D eigenvalue weighted by Gasteiger charge is 2.19. The SMILES string of the molecule is CCNC(=NCc1ccc(S(=O)(=O)N(C)C)cc1)NC1CCC(C)CC1. The van der Waals surface area contributed by atoms with Crippen molar-refractivity contribution in [3.8, 4) is 0 Å². The molecule has 0 radical (unpaired) electrons. The van der Waals surface area contributed by atoms with Gasteiger partial charge in [0.1, 0.15) is 0 Å². The highest BCUT2D eigenvalue weighted by atomic mass is 32.2. The highest BCUT2D eigenvalue weighted by Crippen LogP contribution is 2.23.